The van der Waals surface area contributed by atoms with Crippen LogP contribution in [0.25, 0.3) is 10.9 Å². The van der Waals surface area contributed by atoms with Gasteiger partial charge in [0.2, 0.25) is 5.91 Å². The summed E-state index contributed by atoms with van der Waals surface area (Å²) in [6.07, 6.45) is 2.63. The lowest BCUT2D eigenvalue weighted by Crippen LogP contribution is -2.42. The fourth-order valence-electron chi connectivity index (χ4n) is 4.83. The van der Waals surface area contributed by atoms with Crippen LogP contribution in [-0.4, -0.2) is 74.3 Å². The van der Waals surface area contributed by atoms with E-state index in [1.165, 1.54) is 4.90 Å². The molecule has 3 amide bonds. The molecule has 2 aromatic rings. The van der Waals surface area contributed by atoms with Crippen LogP contribution < -0.4 is 5.32 Å². The predicted molar refractivity (Wildman–Crippen MR) is 120 cm³/mol. The Morgan fingerprint density at radius 3 is 2.56 bits per heavy atom. The highest BCUT2D eigenvalue weighted by atomic mass is 16.4. The van der Waals surface area contributed by atoms with E-state index in [2.05, 4.69) is 10.4 Å². The number of rotatable bonds is 5. The van der Waals surface area contributed by atoms with Crippen molar-refractivity contribution in [1.82, 2.24) is 24.9 Å². The summed E-state index contributed by atoms with van der Waals surface area (Å²) in [5.41, 5.74) is 1.22. The Labute approximate surface area is 187 Å². The van der Waals surface area contributed by atoms with Gasteiger partial charge in [-0.3, -0.25) is 14.3 Å². The van der Waals surface area contributed by atoms with E-state index in [0.29, 0.717) is 12.1 Å². The molecule has 4 rings (SSSR count). The lowest BCUT2D eigenvalue weighted by atomic mass is 10.1. The number of amides is 3. The number of carboxylic acid groups (broad SMARTS) is 1. The van der Waals surface area contributed by atoms with Gasteiger partial charge in [-0.25, -0.2) is 4.79 Å². The molecule has 2 atom stereocenters. The monoisotopic (exact) mass is 441 g/mol. The molecule has 0 saturated carbocycles. The Morgan fingerprint density at radius 1 is 1.16 bits per heavy atom. The highest BCUT2D eigenvalue weighted by Crippen LogP contribution is 2.25. The molecular formula is C23H31N5O4. The van der Waals surface area contributed by atoms with Gasteiger partial charge in [0.25, 0.3) is 5.91 Å². The van der Waals surface area contributed by atoms with Crippen molar-refractivity contribution >= 4 is 28.8 Å². The van der Waals surface area contributed by atoms with Gasteiger partial charge in [-0.1, -0.05) is 18.2 Å². The molecule has 32 heavy (non-hydrogen) atoms. The zero-order valence-corrected chi connectivity index (χ0v) is 18.7. The first-order valence-corrected chi connectivity index (χ1v) is 11.4. The summed E-state index contributed by atoms with van der Waals surface area (Å²) in [5.74, 6) is -0.325. The SMILES string of the molecule is CC(C)n1nc(C(=O)N[C@H]2C[C@@H](CC(=O)N3CCCCC3)N(C(=O)O)C2)c2ccccc21. The van der Waals surface area contributed by atoms with E-state index in [-0.39, 0.29) is 36.9 Å². The number of fused-ring (bicyclic) bond motifs is 1. The van der Waals surface area contributed by atoms with Gasteiger partial charge in [0.1, 0.15) is 0 Å². The first-order chi connectivity index (χ1) is 15.3. The van der Waals surface area contributed by atoms with Crippen LogP contribution in [0.1, 0.15) is 62.5 Å². The lowest BCUT2D eigenvalue weighted by molar-refractivity contribution is -0.133. The van der Waals surface area contributed by atoms with Crippen LogP contribution in [0, 0.1) is 0 Å². The van der Waals surface area contributed by atoms with Crippen molar-refractivity contribution in [2.24, 2.45) is 0 Å². The van der Waals surface area contributed by atoms with Gasteiger partial charge in [-0.15, -0.1) is 0 Å². The minimum atomic E-state index is -1.06. The fourth-order valence-corrected chi connectivity index (χ4v) is 4.83. The molecular weight excluding hydrogens is 410 g/mol. The van der Waals surface area contributed by atoms with Crippen LogP contribution >= 0.6 is 0 Å². The average molecular weight is 442 g/mol. The number of hydrogen-bond acceptors (Lipinski definition) is 4. The molecule has 0 spiro atoms. The normalized spacial score (nSPS) is 21.3. The van der Waals surface area contributed by atoms with E-state index >= 15 is 0 Å². The summed E-state index contributed by atoms with van der Waals surface area (Å²) in [6.45, 7) is 5.66. The number of nitrogens with one attached hydrogen (secondary N) is 1. The molecule has 0 unspecified atom stereocenters. The third-order valence-electron chi connectivity index (χ3n) is 6.43. The quantitative estimate of drug-likeness (QED) is 0.742. The topological polar surface area (TPSA) is 108 Å². The number of para-hydroxylation sites is 1. The van der Waals surface area contributed by atoms with Crippen LogP contribution in [0.15, 0.2) is 24.3 Å². The van der Waals surface area contributed by atoms with E-state index in [0.717, 1.165) is 43.3 Å². The molecule has 0 aliphatic carbocycles. The second-order valence-electron chi connectivity index (χ2n) is 9.04. The zero-order chi connectivity index (χ0) is 22.8. The highest BCUT2D eigenvalue weighted by Gasteiger charge is 2.38. The Morgan fingerprint density at radius 2 is 1.88 bits per heavy atom. The van der Waals surface area contributed by atoms with Crippen LogP contribution in [0.4, 0.5) is 4.79 Å². The first kappa shape index (κ1) is 22.1. The zero-order valence-electron chi connectivity index (χ0n) is 18.7. The van der Waals surface area contributed by atoms with E-state index in [9.17, 15) is 19.5 Å². The molecule has 2 aliphatic rings. The number of carbonyl (C=O) groups excluding carboxylic acids is 2. The Bertz CT molecular complexity index is 1010. The molecule has 9 heteroatoms. The van der Waals surface area contributed by atoms with Crippen molar-refractivity contribution in [2.45, 2.75) is 64.1 Å². The molecule has 172 valence electrons. The Balaban J connectivity index is 1.46. The van der Waals surface area contributed by atoms with Crippen LogP contribution in [0.3, 0.4) is 0 Å². The maximum absolute atomic E-state index is 13.1. The molecule has 1 aromatic carbocycles. The van der Waals surface area contributed by atoms with Gasteiger partial charge in [0.15, 0.2) is 5.69 Å². The van der Waals surface area contributed by atoms with Gasteiger partial charge in [0, 0.05) is 49.6 Å². The Hall–Kier alpha value is -3.10. The number of carbonyl (C=O) groups is 3. The fraction of sp³-hybridized carbons (Fsp3) is 0.565. The van der Waals surface area contributed by atoms with Crippen molar-refractivity contribution in [3.8, 4) is 0 Å². The maximum Gasteiger partial charge on any atom is 0.407 e. The number of piperidine rings is 1. The number of hydrogen-bond donors (Lipinski definition) is 2. The van der Waals surface area contributed by atoms with Crippen molar-refractivity contribution in [3.05, 3.63) is 30.0 Å². The second kappa shape index (κ2) is 9.18. The summed E-state index contributed by atoms with van der Waals surface area (Å²) in [5, 5.41) is 17.9. The smallest absolute Gasteiger partial charge is 0.407 e. The molecule has 2 fully saturated rings. The van der Waals surface area contributed by atoms with Crippen LogP contribution in [0.5, 0.6) is 0 Å². The molecule has 2 N–H and O–H groups in total. The maximum atomic E-state index is 13.1. The number of likely N-dealkylation sites (tertiary alicyclic amines) is 2. The van der Waals surface area contributed by atoms with E-state index in [4.69, 9.17) is 0 Å². The summed E-state index contributed by atoms with van der Waals surface area (Å²) >= 11 is 0. The average Bonchev–Trinajstić information content (AvgIpc) is 3.36. The molecule has 1 aromatic heterocycles. The van der Waals surface area contributed by atoms with Gasteiger partial charge in [-0.05, 0) is 45.6 Å². The molecule has 2 saturated heterocycles. The van der Waals surface area contributed by atoms with Crippen molar-refractivity contribution in [2.75, 3.05) is 19.6 Å². The van der Waals surface area contributed by atoms with E-state index < -0.39 is 12.1 Å². The summed E-state index contributed by atoms with van der Waals surface area (Å²) in [6, 6.07) is 6.89. The molecule has 2 aliphatic heterocycles. The van der Waals surface area contributed by atoms with Gasteiger partial charge >= 0.3 is 6.09 Å². The molecule has 3 heterocycles. The summed E-state index contributed by atoms with van der Waals surface area (Å²) in [7, 11) is 0. The highest BCUT2D eigenvalue weighted by molar-refractivity contribution is 6.05. The number of nitrogens with zero attached hydrogens (tertiary/aromatic N) is 4. The Kier molecular flexibility index (Phi) is 6.34. The largest absolute Gasteiger partial charge is 0.465 e. The van der Waals surface area contributed by atoms with Gasteiger partial charge in [0.05, 0.1) is 5.52 Å². The molecule has 0 radical (unpaired) electrons. The minimum absolute atomic E-state index is 0.00500. The van der Waals surface area contributed by atoms with Crippen molar-refractivity contribution in [3.63, 3.8) is 0 Å². The molecule has 0 bridgehead atoms. The van der Waals surface area contributed by atoms with Gasteiger partial charge < -0.3 is 20.2 Å². The van der Waals surface area contributed by atoms with E-state index in [1.807, 2.05) is 47.7 Å². The van der Waals surface area contributed by atoms with Crippen LogP contribution in [0.2, 0.25) is 0 Å². The molecule has 9 nitrogen and oxygen atoms in total. The number of benzene rings is 1. The second-order valence-corrected chi connectivity index (χ2v) is 9.04. The first-order valence-electron chi connectivity index (χ1n) is 11.4. The predicted octanol–water partition coefficient (Wildman–Crippen LogP) is 2.87. The number of aromatic nitrogens is 2. The summed E-state index contributed by atoms with van der Waals surface area (Å²) < 4.78 is 1.82. The lowest BCUT2D eigenvalue weighted by Gasteiger charge is -2.29. The third-order valence-corrected chi connectivity index (χ3v) is 6.43. The summed E-state index contributed by atoms with van der Waals surface area (Å²) in [4.78, 5) is 40.7. The van der Waals surface area contributed by atoms with Crippen molar-refractivity contribution < 1.29 is 19.5 Å². The van der Waals surface area contributed by atoms with E-state index in [1.54, 1.807) is 0 Å². The van der Waals surface area contributed by atoms with Crippen molar-refractivity contribution in [1.29, 1.82) is 0 Å². The van der Waals surface area contributed by atoms with Gasteiger partial charge in [-0.2, -0.15) is 5.10 Å². The standard InChI is InChI=1S/C23H31N5O4/c1-15(2)28-19-9-5-4-8-18(19)21(25-28)22(30)24-16-12-17(27(14-16)23(31)32)13-20(29)26-10-6-3-7-11-26/h4-5,8-9,15-17H,3,6-7,10-14H2,1-2H3,(H,24,30)(H,31,32)/t16-,17-/m0/s1. The third kappa shape index (κ3) is 4.42. The van der Waals surface area contributed by atoms with Crippen LogP contribution in [-0.2, 0) is 4.79 Å². The minimum Gasteiger partial charge on any atom is -0.465 e.